The maximum Gasteiger partial charge on any atom is 0.336 e. The molecule has 122 valence electrons. The molecule has 0 saturated carbocycles. The van der Waals surface area contributed by atoms with Gasteiger partial charge < -0.3 is 14.4 Å². The van der Waals surface area contributed by atoms with E-state index in [4.69, 9.17) is 21.1 Å². The van der Waals surface area contributed by atoms with Crippen LogP contribution < -0.4 is 0 Å². The molecule has 0 N–H and O–H groups in total. The minimum atomic E-state index is -0.560. The Morgan fingerprint density at radius 2 is 1.52 bits per heavy atom. The highest BCUT2D eigenvalue weighted by atomic mass is 35.5. The molecule has 0 aromatic heterocycles. The molecule has 1 aliphatic rings. The summed E-state index contributed by atoms with van der Waals surface area (Å²) in [5, 5.41) is 0.576. The highest BCUT2D eigenvalue weighted by Gasteiger charge is 2.34. The summed E-state index contributed by atoms with van der Waals surface area (Å²) in [4.78, 5) is 26.2. The first kappa shape index (κ1) is 17.1. The fourth-order valence-corrected chi connectivity index (χ4v) is 2.61. The first-order chi connectivity index (χ1) is 11.0. The molecular formula is C17H18ClNO4. The molecule has 0 atom stereocenters. The average Bonchev–Trinajstić information content (AvgIpc) is 2.59. The first-order valence-electron chi connectivity index (χ1n) is 7.13. The number of rotatable bonds is 4. The van der Waals surface area contributed by atoms with Crippen LogP contribution in [0.5, 0.6) is 0 Å². The molecule has 5 nitrogen and oxygen atoms in total. The van der Waals surface area contributed by atoms with Gasteiger partial charge in [0.2, 0.25) is 0 Å². The van der Waals surface area contributed by atoms with Gasteiger partial charge in [0.25, 0.3) is 0 Å². The second kappa shape index (κ2) is 7.33. The van der Waals surface area contributed by atoms with E-state index in [2.05, 4.69) is 0 Å². The number of methoxy groups -OCH3 is 2. The molecule has 0 aliphatic carbocycles. The molecule has 1 aromatic carbocycles. The lowest BCUT2D eigenvalue weighted by molar-refractivity contribution is -0.137. The van der Waals surface area contributed by atoms with Gasteiger partial charge in [-0.25, -0.2) is 9.59 Å². The first-order valence-corrected chi connectivity index (χ1v) is 7.50. The lowest BCUT2D eigenvalue weighted by Crippen LogP contribution is -2.28. The number of esters is 2. The number of hydrogen-bond acceptors (Lipinski definition) is 5. The number of benzene rings is 1. The zero-order valence-corrected chi connectivity index (χ0v) is 14.0. The molecule has 0 unspecified atom stereocenters. The van der Waals surface area contributed by atoms with Crippen LogP contribution in [0.25, 0.3) is 0 Å². The van der Waals surface area contributed by atoms with Crippen molar-refractivity contribution in [2.24, 2.45) is 0 Å². The summed E-state index contributed by atoms with van der Waals surface area (Å²) >= 11 is 5.93. The van der Waals surface area contributed by atoms with Gasteiger partial charge in [-0.2, -0.15) is 0 Å². The van der Waals surface area contributed by atoms with Crippen molar-refractivity contribution >= 4 is 23.5 Å². The Labute approximate surface area is 140 Å². The van der Waals surface area contributed by atoms with Crippen molar-refractivity contribution in [2.75, 3.05) is 20.8 Å². The van der Waals surface area contributed by atoms with E-state index in [1.165, 1.54) is 14.2 Å². The molecule has 0 fully saturated rings. The summed E-state index contributed by atoms with van der Waals surface area (Å²) in [6, 6.07) is 6.99. The number of carbonyl (C=O) groups is 2. The number of carbonyl (C=O) groups excluding carboxylic acids is 2. The largest absolute Gasteiger partial charge is 0.466 e. The predicted octanol–water partition coefficient (Wildman–Crippen LogP) is 2.87. The fraction of sp³-hybridized carbons (Fsp3) is 0.294. The minimum absolute atomic E-state index is 0.375. The molecule has 0 radical (unpaired) electrons. The van der Waals surface area contributed by atoms with E-state index in [1.807, 2.05) is 6.92 Å². The van der Waals surface area contributed by atoms with E-state index >= 15 is 0 Å². The molecular weight excluding hydrogens is 318 g/mol. The van der Waals surface area contributed by atoms with Gasteiger partial charge in [-0.15, -0.1) is 0 Å². The third kappa shape index (κ3) is 3.56. The van der Waals surface area contributed by atoms with E-state index in [0.717, 1.165) is 5.56 Å². The van der Waals surface area contributed by atoms with Crippen molar-refractivity contribution < 1.29 is 19.1 Å². The SMILES string of the molecule is CCN1C=C(C(=O)OC)C(c2ccc(Cl)cc2)C(C(=O)OC)=C1. The number of nitrogens with zero attached hydrogens (tertiary/aromatic N) is 1. The monoisotopic (exact) mass is 335 g/mol. The molecule has 23 heavy (non-hydrogen) atoms. The van der Waals surface area contributed by atoms with Crippen LogP contribution in [-0.4, -0.2) is 37.6 Å². The Kier molecular flexibility index (Phi) is 5.45. The van der Waals surface area contributed by atoms with E-state index < -0.39 is 17.9 Å². The summed E-state index contributed by atoms with van der Waals surface area (Å²) in [7, 11) is 2.63. The highest BCUT2D eigenvalue weighted by Crippen LogP contribution is 2.37. The third-order valence-electron chi connectivity index (χ3n) is 3.64. The van der Waals surface area contributed by atoms with Gasteiger partial charge in [0.05, 0.1) is 31.3 Å². The molecule has 0 saturated heterocycles. The molecule has 0 spiro atoms. The summed E-state index contributed by atoms with van der Waals surface area (Å²) in [5.74, 6) is -1.54. The molecule has 0 bridgehead atoms. The van der Waals surface area contributed by atoms with Crippen molar-refractivity contribution in [3.05, 3.63) is 58.4 Å². The molecule has 0 amide bonds. The van der Waals surface area contributed by atoms with Gasteiger partial charge in [-0.1, -0.05) is 23.7 Å². The van der Waals surface area contributed by atoms with E-state index in [1.54, 1.807) is 41.6 Å². The topological polar surface area (TPSA) is 55.8 Å². The van der Waals surface area contributed by atoms with Crippen LogP contribution in [0.15, 0.2) is 47.8 Å². The summed E-state index contributed by atoms with van der Waals surface area (Å²) in [6.07, 6.45) is 3.38. The van der Waals surface area contributed by atoms with Gasteiger partial charge in [0.1, 0.15) is 0 Å². The van der Waals surface area contributed by atoms with Crippen LogP contribution in [0, 0.1) is 0 Å². The molecule has 1 aromatic rings. The van der Waals surface area contributed by atoms with Crippen molar-refractivity contribution in [1.29, 1.82) is 0 Å². The lowest BCUT2D eigenvalue weighted by Gasteiger charge is -2.29. The molecule has 1 heterocycles. The van der Waals surface area contributed by atoms with Crippen molar-refractivity contribution in [1.82, 2.24) is 4.90 Å². The molecule has 6 heteroatoms. The predicted molar refractivity (Wildman–Crippen MR) is 86.8 cm³/mol. The number of halogens is 1. The third-order valence-corrected chi connectivity index (χ3v) is 3.89. The van der Waals surface area contributed by atoms with Crippen LogP contribution in [-0.2, 0) is 19.1 Å². The van der Waals surface area contributed by atoms with Crippen molar-refractivity contribution in [2.45, 2.75) is 12.8 Å². The van der Waals surface area contributed by atoms with E-state index in [-0.39, 0.29) is 0 Å². The Morgan fingerprint density at radius 1 is 1.04 bits per heavy atom. The number of ether oxygens (including phenoxy) is 2. The quantitative estimate of drug-likeness (QED) is 0.792. The standard InChI is InChI=1S/C17H18ClNO4/c1-4-19-9-13(16(20)22-2)15(14(10-19)17(21)23-3)11-5-7-12(18)8-6-11/h5-10,15H,4H2,1-3H3. The van der Waals surface area contributed by atoms with Gasteiger partial charge in [-0.3, -0.25) is 0 Å². The van der Waals surface area contributed by atoms with Gasteiger partial charge in [0.15, 0.2) is 0 Å². The fourth-order valence-electron chi connectivity index (χ4n) is 2.48. The highest BCUT2D eigenvalue weighted by molar-refractivity contribution is 6.30. The molecule has 2 rings (SSSR count). The van der Waals surface area contributed by atoms with Crippen molar-refractivity contribution in [3.63, 3.8) is 0 Å². The Hall–Kier alpha value is -2.27. The van der Waals surface area contributed by atoms with Crippen LogP contribution in [0.4, 0.5) is 0 Å². The van der Waals surface area contributed by atoms with Crippen LogP contribution in [0.2, 0.25) is 5.02 Å². The summed E-state index contributed by atoms with van der Waals surface area (Å²) in [6.45, 7) is 2.52. The van der Waals surface area contributed by atoms with E-state index in [0.29, 0.717) is 22.7 Å². The maximum absolute atomic E-state index is 12.2. The average molecular weight is 336 g/mol. The van der Waals surface area contributed by atoms with E-state index in [9.17, 15) is 9.59 Å². The van der Waals surface area contributed by atoms with Gasteiger partial charge in [-0.05, 0) is 24.6 Å². The van der Waals surface area contributed by atoms with Gasteiger partial charge in [0, 0.05) is 24.0 Å². The second-order valence-corrected chi connectivity index (χ2v) is 5.40. The van der Waals surface area contributed by atoms with Crippen LogP contribution >= 0.6 is 11.6 Å². The van der Waals surface area contributed by atoms with Gasteiger partial charge >= 0.3 is 11.9 Å². The zero-order valence-electron chi connectivity index (χ0n) is 13.2. The molecule has 1 aliphatic heterocycles. The van der Waals surface area contributed by atoms with Crippen molar-refractivity contribution in [3.8, 4) is 0 Å². The Bertz CT molecular complexity index is 630. The smallest absolute Gasteiger partial charge is 0.336 e. The Morgan fingerprint density at radius 3 is 1.91 bits per heavy atom. The lowest BCUT2D eigenvalue weighted by atomic mass is 9.83. The number of hydrogen-bond donors (Lipinski definition) is 0. The zero-order chi connectivity index (χ0) is 17.0. The normalized spacial score (nSPS) is 14.9. The second-order valence-electron chi connectivity index (χ2n) is 4.97. The van der Waals surface area contributed by atoms with Crippen LogP contribution in [0.3, 0.4) is 0 Å². The minimum Gasteiger partial charge on any atom is -0.466 e. The summed E-state index contributed by atoms with van der Waals surface area (Å²) < 4.78 is 9.76. The summed E-state index contributed by atoms with van der Waals surface area (Å²) in [5.41, 5.74) is 1.51. The Balaban J connectivity index is 2.57. The maximum atomic E-state index is 12.2. The van der Waals surface area contributed by atoms with Crippen LogP contribution in [0.1, 0.15) is 18.4 Å².